The van der Waals surface area contributed by atoms with Crippen molar-refractivity contribution in [1.82, 2.24) is 0 Å². The van der Waals surface area contributed by atoms with Crippen molar-refractivity contribution in [2.24, 2.45) is 0 Å². The maximum atomic E-state index is 13.1. The number of halogens is 10. The minimum atomic E-state index is -6.54. The number of aliphatic hydroxyl groups excluding tert-OH is 2. The van der Waals surface area contributed by atoms with E-state index in [1.807, 2.05) is 4.74 Å². The van der Waals surface area contributed by atoms with Crippen molar-refractivity contribution in [3.63, 3.8) is 0 Å². The van der Waals surface area contributed by atoms with E-state index in [-0.39, 0.29) is 0 Å². The van der Waals surface area contributed by atoms with E-state index in [0.717, 1.165) is 0 Å². The lowest BCUT2D eigenvalue weighted by Crippen LogP contribution is -2.53. The quantitative estimate of drug-likeness (QED) is 0.323. The number of rotatable bonds is 14. The molecule has 0 bridgehead atoms. The molecule has 0 aliphatic rings. The summed E-state index contributed by atoms with van der Waals surface area (Å²) in [7, 11) is 0. The maximum absolute atomic E-state index is 13.1. The monoisotopic (exact) mass is 432 g/mol. The number of aliphatic hydroxyl groups is 2. The molecule has 6 nitrogen and oxygen atoms in total. The van der Waals surface area contributed by atoms with Crippen LogP contribution in [0.2, 0.25) is 0 Å². The van der Waals surface area contributed by atoms with Gasteiger partial charge in [-0.15, -0.1) is 0 Å². The largest absolute Gasteiger partial charge is 0.453 e. The Kier molecular flexibility index (Phi) is 9.67. The van der Waals surface area contributed by atoms with Crippen LogP contribution in [-0.4, -0.2) is 80.2 Å². The Balaban J connectivity index is 4.58. The maximum Gasteiger partial charge on any atom is 0.453 e. The van der Waals surface area contributed by atoms with Crippen LogP contribution in [-0.2, 0) is 18.9 Å². The van der Waals surface area contributed by atoms with E-state index in [1.54, 1.807) is 0 Å². The molecule has 27 heavy (non-hydrogen) atoms. The molecule has 1 atom stereocenters. The highest BCUT2D eigenvalue weighted by molar-refractivity contribution is 4.73. The van der Waals surface area contributed by atoms with Crippen LogP contribution in [0.25, 0.3) is 0 Å². The number of alkyl halides is 10. The minimum absolute atomic E-state index is 0.438. The lowest BCUT2D eigenvalue weighted by Gasteiger charge is -2.30. The smallest absolute Gasteiger partial charge is 0.394 e. The Morgan fingerprint density at radius 2 is 1.26 bits per heavy atom. The molecule has 16 heteroatoms. The van der Waals surface area contributed by atoms with Gasteiger partial charge in [0.05, 0.1) is 26.4 Å². The highest BCUT2D eigenvalue weighted by Crippen LogP contribution is 2.44. The average molecular weight is 432 g/mol. The summed E-state index contributed by atoms with van der Waals surface area (Å²) < 4.78 is 139. The van der Waals surface area contributed by atoms with Crippen molar-refractivity contribution < 1.29 is 73.1 Å². The molecule has 0 aliphatic heterocycles. The molecule has 0 heterocycles. The first kappa shape index (κ1) is 26.1. The summed E-state index contributed by atoms with van der Waals surface area (Å²) in [4.78, 5) is 0. The lowest BCUT2D eigenvalue weighted by atomic mass is 10.4. The zero-order valence-electron chi connectivity index (χ0n) is 13.0. The summed E-state index contributed by atoms with van der Waals surface area (Å²) in [6.07, 6.45) is -30.5. The summed E-state index contributed by atoms with van der Waals surface area (Å²) in [6, 6.07) is 0. The van der Waals surface area contributed by atoms with Gasteiger partial charge in [-0.1, -0.05) is 0 Å². The van der Waals surface area contributed by atoms with Crippen LogP contribution >= 0.6 is 0 Å². The van der Waals surface area contributed by atoms with Crippen molar-refractivity contribution in [2.45, 2.75) is 37.0 Å². The van der Waals surface area contributed by atoms with Gasteiger partial charge in [0.2, 0.25) is 0 Å². The van der Waals surface area contributed by atoms with Gasteiger partial charge < -0.3 is 19.7 Å². The van der Waals surface area contributed by atoms with Crippen molar-refractivity contribution in [3.8, 4) is 0 Å². The van der Waals surface area contributed by atoms with Gasteiger partial charge in [-0.25, -0.2) is 18.3 Å². The standard InChI is InChI=1S/C11H14F10O6/c12-7(13)9(16,17)27-11(20,21)10(18,19)26-8(14,15)5-25-2-1-24-4-6(23)3-22/h6-7,22-23H,1-5H2. The molecule has 0 aromatic heterocycles. The van der Waals surface area contributed by atoms with Crippen molar-refractivity contribution in [2.75, 3.05) is 33.0 Å². The molecule has 0 aliphatic carbocycles. The predicted octanol–water partition coefficient (Wildman–Crippen LogP) is 2.04. The zero-order chi connectivity index (χ0) is 21.5. The number of ether oxygens (including phenoxy) is 4. The molecule has 0 spiro atoms. The summed E-state index contributed by atoms with van der Waals surface area (Å²) >= 11 is 0. The van der Waals surface area contributed by atoms with Crippen LogP contribution in [0.5, 0.6) is 0 Å². The van der Waals surface area contributed by atoms with Crippen molar-refractivity contribution in [1.29, 1.82) is 0 Å². The predicted molar refractivity (Wildman–Crippen MR) is 62.7 cm³/mol. The highest BCUT2D eigenvalue weighted by Gasteiger charge is 2.68. The van der Waals surface area contributed by atoms with Gasteiger partial charge in [-0.3, -0.25) is 0 Å². The van der Waals surface area contributed by atoms with Crippen LogP contribution in [0.4, 0.5) is 43.9 Å². The van der Waals surface area contributed by atoms with E-state index in [2.05, 4.69) is 14.2 Å². The van der Waals surface area contributed by atoms with E-state index in [9.17, 15) is 43.9 Å². The molecule has 0 amide bonds. The van der Waals surface area contributed by atoms with Crippen LogP contribution in [0, 0.1) is 0 Å². The fourth-order valence-corrected chi connectivity index (χ4v) is 1.13. The van der Waals surface area contributed by atoms with Gasteiger partial charge in [-0.05, 0) is 0 Å². The summed E-state index contributed by atoms with van der Waals surface area (Å²) in [5.74, 6) is 0. The fraction of sp³-hybridized carbons (Fsp3) is 1.00. The molecule has 1 unspecified atom stereocenters. The van der Waals surface area contributed by atoms with Crippen molar-refractivity contribution >= 4 is 0 Å². The molecule has 2 N–H and O–H groups in total. The van der Waals surface area contributed by atoms with Gasteiger partial charge in [-0.2, -0.15) is 35.1 Å². The SMILES string of the molecule is OCC(O)COCCOCC(F)(F)OC(F)(F)C(F)(F)OC(F)(F)C(F)F. The van der Waals surface area contributed by atoms with E-state index >= 15 is 0 Å². The van der Waals surface area contributed by atoms with Gasteiger partial charge in [0.1, 0.15) is 12.7 Å². The minimum Gasteiger partial charge on any atom is -0.394 e. The Morgan fingerprint density at radius 3 is 1.74 bits per heavy atom. The highest BCUT2D eigenvalue weighted by atomic mass is 19.3. The fourth-order valence-electron chi connectivity index (χ4n) is 1.13. The third-order valence-corrected chi connectivity index (χ3v) is 2.30. The topological polar surface area (TPSA) is 77.4 Å². The first-order chi connectivity index (χ1) is 12.1. The number of hydrogen-bond donors (Lipinski definition) is 2. The third-order valence-electron chi connectivity index (χ3n) is 2.30. The molecule has 164 valence electrons. The average Bonchev–Trinajstić information content (AvgIpc) is 2.47. The van der Waals surface area contributed by atoms with Gasteiger partial charge >= 0.3 is 30.9 Å². The van der Waals surface area contributed by atoms with E-state index < -0.39 is 70.0 Å². The second-order valence-corrected chi connectivity index (χ2v) is 4.70. The summed E-state index contributed by atoms with van der Waals surface area (Å²) in [6.45, 7) is -4.42. The summed E-state index contributed by atoms with van der Waals surface area (Å²) in [5, 5.41) is 17.3. The normalized spacial score (nSPS) is 15.4. The van der Waals surface area contributed by atoms with Crippen LogP contribution in [0.15, 0.2) is 0 Å². The second-order valence-electron chi connectivity index (χ2n) is 4.70. The lowest BCUT2D eigenvalue weighted by molar-refractivity contribution is -0.521. The molecule has 0 saturated carbocycles. The molecule has 0 rings (SSSR count). The molecule has 0 fully saturated rings. The molecule has 0 saturated heterocycles. The molecular formula is C11H14F10O6. The summed E-state index contributed by atoms with van der Waals surface area (Å²) in [5.41, 5.74) is 0. The van der Waals surface area contributed by atoms with Crippen molar-refractivity contribution in [3.05, 3.63) is 0 Å². The molecule has 0 aromatic rings. The van der Waals surface area contributed by atoms with Crippen LogP contribution < -0.4 is 0 Å². The van der Waals surface area contributed by atoms with Gasteiger partial charge in [0.15, 0.2) is 0 Å². The van der Waals surface area contributed by atoms with E-state index in [1.165, 1.54) is 0 Å². The van der Waals surface area contributed by atoms with Crippen LogP contribution in [0.1, 0.15) is 0 Å². The van der Waals surface area contributed by atoms with Crippen LogP contribution in [0.3, 0.4) is 0 Å². The zero-order valence-corrected chi connectivity index (χ0v) is 13.0. The van der Waals surface area contributed by atoms with Gasteiger partial charge in [0, 0.05) is 0 Å². The molecular weight excluding hydrogens is 418 g/mol. The third kappa shape index (κ3) is 9.20. The Morgan fingerprint density at radius 1 is 0.778 bits per heavy atom. The second kappa shape index (κ2) is 10.0. The molecule has 0 radical (unpaired) electrons. The Bertz CT molecular complexity index is 436. The van der Waals surface area contributed by atoms with E-state index in [4.69, 9.17) is 10.2 Å². The first-order valence-corrected chi connectivity index (χ1v) is 6.70. The molecule has 0 aromatic carbocycles. The first-order valence-electron chi connectivity index (χ1n) is 6.70. The van der Waals surface area contributed by atoms with Gasteiger partial charge in [0.25, 0.3) is 0 Å². The Hall–Kier alpha value is -0.940. The Labute approximate surface area is 144 Å². The number of hydrogen-bond acceptors (Lipinski definition) is 6. The van der Waals surface area contributed by atoms with E-state index in [0.29, 0.717) is 0 Å².